The minimum Gasteiger partial charge on any atom is -0.496 e. The summed E-state index contributed by atoms with van der Waals surface area (Å²) in [6.45, 7) is 38.8. The lowest BCUT2D eigenvalue weighted by Gasteiger charge is -2.35. The summed E-state index contributed by atoms with van der Waals surface area (Å²) >= 11 is 0. The van der Waals surface area contributed by atoms with E-state index in [2.05, 4.69) is 125 Å². The second-order valence-electron chi connectivity index (χ2n) is 27.1. The fraction of sp³-hybridized carbons (Fsp3) is 0.524. The molecule has 0 aliphatic carbocycles. The first kappa shape index (κ1) is 61.8. The average molecular weight is 1210 g/mol. The predicted octanol–water partition coefficient (Wildman–Crippen LogP) is 18.8. The van der Waals surface area contributed by atoms with Gasteiger partial charge in [0, 0.05) is 33.4 Å². The van der Waals surface area contributed by atoms with E-state index in [1.807, 2.05) is 36.4 Å². The van der Waals surface area contributed by atoms with Crippen molar-refractivity contribution in [3.63, 3.8) is 0 Å². The van der Waals surface area contributed by atoms with Gasteiger partial charge in [0.25, 0.3) is 0 Å². The van der Waals surface area contributed by atoms with Crippen molar-refractivity contribution in [3.8, 4) is 69.0 Å². The van der Waals surface area contributed by atoms with Crippen LogP contribution in [0.5, 0.6) is 69.0 Å². The Morgan fingerprint density at radius 3 is 0.573 bits per heavy atom. The van der Waals surface area contributed by atoms with Crippen molar-refractivity contribution >= 4 is 66.0 Å². The van der Waals surface area contributed by atoms with E-state index in [-0.39, 0.29) is 51.5 Å². The van der Waals surface area contributed by atoms with Gasteiger partial charge >= 0.3 is 25.8 Å². The molecule has 6 aromatic carbocycles. The van der Waals surface area contributed by atoms with Crippen LogP contribution in [0, 0.1) is 0 Å². The molecular formula is C63H84O15P4. The number of hydrogen-bond acceptors (Lipinski definition) is 15. The molecule has 3 heterocycles. The van der Waals surface area contributed by atoms with Gasteiger partial charge in [-0.05, 0) is 76.8 Å². The monoisotopic (exact) mass is 1200 g/mol. The molecule has 0 bridgehead atoms. The van der Waals surface area contributed by atoms with Crippen molar-refractivity contribution in [1.82, 2.24) is 0 Å². The van der Waals surface area contributed by atoms with Crippen molar-refractivity contribution in [1.29, 1.82) is 0 Å². The van der Waals surface area contributed by atoms with Crippen molar-refractivity contribution < 1.29 is 69.1 Å². The Hall–Kier alpha value is -4.70. The van der Waals surface area contributed by atoms with Crippen molar-refractivity contribution in [2.75, 3.05) is 61.7 Å². The summed E-state index contributed by atoms with van der Waals surface area (Å²) in [6, 6.07) is 12.2. The first-order chi connectivity index (χ1) is 38.2. The highest BCUT2D eigenvalue weighted by Gasteiger charge is 2.43. The highest BCUT2D eigenvalue weighted by atomic mass is 31.2. The molecule has 0 atom stereocenters. The Balaban J connectivity index is 1.12. The Labute approximate surface area is 490 Å². The van der Waals surface area contributed by atoms with Crippen LogP contribution >= 0.6 is 33.7 Å². The van der Waals surface area contributed by atoms with E-state index in [0.717, 1.165) is 65.7 Å². The number of hydrogen-bond donors (Lipinski definition) is 0. The van der Waals surface area contributed by atoms with Gasteiger partial charge in [-0.1, -0.05) is 125 Å². The summed E-state index contributed by atoms with van der Waals surface area (Å²) < 4.78 is 99.1. The maximum absolute atomic E-state index is 6.97. The van der Waals surface area contributed by atoms with E-state index in [1.165, 1.54) is 0 Å². The number of benzene rings is 6. The number of ether oxygens (including phenoxy) is 6. The number of rotatable bonds is 15. The fourth-order valence-electron chi connectivity index (χ4n) is 10.6. The summed E-state index contributed by atoms with van der Waals surface area (Å²) in [6.07, 6.45) is 0.363. The van der Waals surface area contributed by atoms with Gasteiger partial charge in [-0.3, -0.25) is 13.6 Å². The highest BCUT2D eigenvalue weighted by Crippen LogP contribution is 2.66. The molecule has 15 nitrogen and oxygen atoms in total. The first-order valence-corrected chi connectivity index (χ1v) is 32.8. The highest BCUT2D eigenvalue weighted by molar-refractivity contribution is 7.58. The maximum atomic E-state index is 6.97. The molecule has 19 heteroatoms. The van der Waals surface area contributed by atoms with E-state index in [9.17, 15) is 0 Å². The maximum Gasteiger partial charge on any atom is 0.463 e. The minimum atomic E-state index is -2.06. The third-order valence-electron chi connectivity index (χ3n) is 14.9. The molecule has 0 saturated heterocycles. The van der Waals surface area contributed by atoms with E-state index in [0.29, 0.717) is 69.0 Å². The fourth-order valence-corrected chi connectivity index (χ4v) is 16.3. The largest absolute Gasteiger partial charge is 0.496 e. The number of methoxy groups -OCH3 is 6. The quantitative estimate of drug-likeness (QED) is 0.0901. The van der Waals surface area contributed by atoms with Gasteiger partial charge in [-0.25, -0.2) is 0 Å². The zero-order valence-electron chi connectivity index (χ0n) is 52.5. The van der Waals surface area contributed by atoms with Gasteiger partial charge in [0.05, 0.1) is 94.0 Å². The normalized spacial score (nSPS) is 15.2. The van der Waals surface area contributed by atoms with Gasteiger partial charge in [-0.15, -0.1) is 0 Å². The van der Waals surface area contributed by atoms with Crippen LogP contribution in [-0.4, -0.2) is 61.7 Å². The molecule has 0 spiro atoms. The average Bonchev–Trinajstić information content (AvgIpc) is 2.13. The molecule has 9 rings (SSSR count). The Morgan fingerprint density at radius 2 is 0.439 bits per heavy atom. The molecule has 0 fully saturated rings. The third kappa shape index (κ3) is 11.5. The lowest BCUT2D eigenvalue weighted by molar-refractivity contribution is 0.273. The van der Waals surface area contributed by atoms with Gasteiger partial charge in [0.2, 0.25) is 0 Å². The molecule has 0 amide bonds. The summed E-state index contributed by atoms with van der Waals surface area (Å²) in [5.41, 5.74) is 3.42. The zero-order chi connectivity index (χ0) is 60.1. The summed E-state index contributed by atoms with van der Waals surface area (Å²) in [5.74, 6) is 7.91. The SMILES string of the molecule is COc1cc(C(C)(C)C)c2c3c(c(C(C)(C)C)cc(OC)c13)OP(OCP(COP1Oc3c(C(C)(C)C)cc(OC)c4c(OC)cc(C(C)(C)C)c(c34)O1)COP1Oc3c(C(C)(C)C)cc(OC)c4c(OC)cc(C(C)(C)C)c(c34)O1)O2. The molecule has 0 N–H and O–H groups in total. The first-order valence-electron chi connectivity index (χ1n) is 27.6. The molecule has 3 aliphatic heterocycles. The molecule has 446 valence electrons. The summed E-state index contributed by atoms with van der Waals surface area (Å²) in [4.78, 5) is 0. The van der Waals surface area contributed by atoms with Gasteiger partial charge in [0.15, 0.2) is 0 Å². The summed E-state index contributed by atoms with van der Waals surface area (Å²) in [7, 11) is 2.42. The van der Waals surface area contributed by atoms with Crippen LogP contribution in [0.4, 0.5) is 0 Å². The second kappa shape index (κ2) is 22.3. The molecule has 82 heavy (non-hydrogen) atoms. The van der Waals surface area contributed by atoms with E-state index >= 15 is 0 Å². The molecule has 6 aromatic rings. The van der Waals surface area contributed by atoms with Crippen LogP contribution in [0.2, 0.25) is 0 Å². The minimum absolute atomic E-state index is 0.121. The molecule has 3 aliphatic rings. The van der Waals surface area contributed by atoms with Gasteiger partial charge < -0.3 is 55.6 Å². The lowest BCUT2D eigenvalue weighted by Crippen LogP contribution is -2.20. The Kier molecular flexibility index (Phi) is 16.8. The van der Waals surface area contributed by atoms with Crippen LogP contribution in [0.1, 0.15) is 158 Å². The Bertz CT molecular complexity index is 2890. The molecule has 0 saturated carbocycles. The zero-order valence-corrected chi connectivity index (χ0v) is 56.1. The van der Waals surface area contributed by atoms with Gasteiger partial charge in [0.1, 0.15) is 69.0 Å². The Morgan fingerprint density at radius 1 is 0.280 bits per heavy atom. The van der Waals surface area contributed by atoms with Crippen molar-refractivity contribution in [2.24, 2.45) is 0 Å². The standard InChI is InChI=1S/C63H84O15P4/c1-58(2,3)34-25-40(64-19)46-41(65-20)26-35(59(4,5)6)53-49(46)52(34)73-80(74-53)70-31-79(32-71-81-75-54-36(60(7,8)9)27-42(66-21)47-43(67-22)28-37(61(10,11)12)55(76-81)50(47)54)33-72-82-77-56-38(62(13,14)15)29-44(68-23)48-45(69-24)30-39(63(16,17)18)57(78-82)51(48)56/h25-30H,31-33H2,1-24H3. The van der Waals surface area contributed by atoms with Crippen molar-refractivity contribution in [2.45, 2.75) is 157 Å². The van der Waals surface area contributed by atoms with Crippen LogP contribution in [0.3, 0.4) is 0 Å². The molecule has 0 radical (unpaired) electrons. The third-order valence-corrected chi connectivity index (χ3v) is 20.0. The second-order valence-corrected chi connectivity index (χ2v) is 32.5. The molecular weight excluding hydrogens is 1120 g/mol. The van der Waals surface area contributed by atoms with E-state index in [1.54, 1.807) is 42.7 Å². The topological polar surface area (TPSA) is 138 Å². The van der Waals surface area contributed by atoms with Crippen LogP contribution in [0.25, 0.3) is 32.3 Å². The van der Waals surface area contributed by atoms with E-state index in [4.69, 9.17) is 69.1 Å². The van der Waals surface area contributed by atoms with Gasteiger partial charge in [-0.2, -0.15) is 0 Å². The van der Waals surface area contributed by atoms with E-state index < -0.39 is 33.7 Å². The molecule has 0 unspecified atom stereocenters. The van der Waals surface area contributed by atoms with Crippen LogP contribution in [-0.2, 0) is 46.1 Å². The van der Waals surface area contributed by atoms with Crippen LogP contribution < -0.4 is 55.6 Å². The lowest BCUT2D eigenvalue weighted by atomic mass is 9.81. The predicted molar refractivity (Wildman–Crippen MR) is 333 cm³/mol. The van der Waals surface area contributed by atoms with Crippen LogP contribution in [0.15, 0.2) is 36.4 Å². The smallest absolute Gasteiger partial charge is 0.463 e. The molecule has 0 aromatic heterocycles. The van der Waals surface area contributed by atoms with Crippen molar-refractivity contribution in [3.05, 3.63) is 69.8 Å². The summed E-state index contributed by atoms with van der Waals surface area (Å²) in [5, 5.41) is 4.61.